The number of nitrogens with two attached hydrogens (primary N) is 1. The van der Waals surface area contributed by atoms with E-state index in [0.29, 0.717) is 18.8 Å². The molecule has 0 aromatic carbocycles. The predicted octanol–water partition coefficient (Wildman–Crippen LogP) is 0.877. The summed E-state index contributed by atoms with van der Waals surface area (Å²) >= 11 is 0. The van der Waals surface area contributed by atoms with Crippen LogP contribution in [0.1, 0.15) is 46.5 Å². The molecule has 0 radical (unpaired) electrons. The van der Waals surface area contributed by atoms with Crippen molar-refractivity contribution >= 4 is 11.8 Å². The number of piperidine rings is 1. The van der Waals surface area contributed by atoms with Crippen LogP contribution in [-0.2, 0) is 9.59 Å². The number of nitrogens with one attached hydrogen (secondary N) is 1. The van der Waals surface area contributed by atoms with Crippen molar-refractivity contribution in [3.05, 3.63) is 0 Å². The molecule has 0 aromatic heterocycles. The van der Waals surface area contributed by atoms with Gasteiger partial charge < -0.3 is 16.0 Å². The quantitative estimate of drug-likeness (QED) is 0.751. The van der Waals surface area contributed by atoms with Gasteiger partial charge in [-0.15, -0.1) is 0 Å². The third-order valence-corrected chi connectivity index (χ3v) is 4.08. The fourth-order valence-corrected chi connectivity index (χ4v) is 2.77. The van der Waals surface area contributed by atoms with Crippen molar-refractivity contribution in [2.45, 2.75) is 58.5 Å². The SMILES string of the molecule is CCC(=O)N1CCC(NC(CC)C(N)=O)C(CC)C1. The second-order valence-electron chi connectivity index (χ2n) is 5.29. The van der Waals surface area contributed by atoms with E-state index in [-0.39, 0.29) is 23.9 Å². The van der Waals surface area contributed by atoms with Crippen LogP contribution in [0.15, 0.2) is 0 Å². The second-order valence-corrected chi connectivity index (χ2v) is 5.29. The van der Waals surface area contributed by atoms with Gasteiger partial charge in [0, 0.05) is 25.6 Å². The summed E-state index contributed by atoms with van der Waals surface area (Å²) in [6.45, 7) is 7.55. The first-order valence-electron chi connectivity index (χ1n) is 7.36. The highest BCUT2D eigenvalue weighted by atomic mass is 16.2. The maximum atomic E-state index is 11.8. The number of carbonyl (C=O) groups excluding carboxylic acids is 2. The number of amides is 2. The zero-order valence-electron chi connectivity index (χ0n) is 12.3. The molecule has 0 aromatic rings. The summed E-state index contributed by atoms with van der Waals surface area (Å²) in [6, 6.07) is 0.0239. The smallest absolute Gasteiger partial charge is 0.234 e. The molecule has 3 N–H and O–H groups in total. The van der Waals surface area contributed by atoms with Gasteiger partial charge in [-0.2, -0.15) is 0 Å². The van der Waals surface area contributed by atoms with Crippen LogP contribution >= 0.6 is 0 Å². The molecule has 1 aliphatic heterocycles. The van der Waals surface area contributed by atoms with Gasteiger partial charge in [0.1, 0.15) is 0 Å². The number of hydrogen-bond acceptors (Lipinski definition) is 3. The number of likely N-dealkylation sites (tertiary alicyclic amines) is 1. The summed E-state index contributed by atoms with van der Waals surface area (Å²) in [4.78, 5) is 25.0. The zero-order valence-corrected chi connectivity index (χ0v) is 12.3. The Morgan fingerprint density at radius 1 is 1.37 bits per heavy atom. The number of rotatable bonds is 6. The average Bonchev–Trinajstić information content (AvgIpc) is 2.43. The number of carbonyl (C=O) groups is 2. The minimum absolute atomic E-state index is 0.221. The maximum absolute atomic E-state index is 11.8. The third kappa shape index (κ3) is 4.20. The molecule has 1 saturated heterocycles. The van der Waals surface area contributed by atoms with Crippen molar-refractivity contribution in [2.75, 3.05) is 13.1 Å². The van der Waals surface area contributed by atoms with Crippen molar-refractivity contribution in [1.82, 2.24) is 10.2 Å². The Kier molecular flexibility index (Phi) is 6.28. The van der Waals surface area contributed by atoms with E-state index in [1.165, 1.54) is 0 Å². The average molecular weight is 269 g/mol. The van der Waals surface area contributed by atoms with Gasteiger partial charge in [0.2, 0.25) is 11.8 Å². The number of hydrogen-bond donors (Lipinski definition) is 2. The van der Waals surface area contributed by atoms with Crippen LogP contribution in [0.25, 0.3) is 0 Å². The maximum Gasteiger partial charge on any atom is 0.234 e. The van der Waals surface area contributed by atoms with Gasteiger partial charge >= 0.3 is 0 Å². The van der Waals surface area contributed by atoms with Gasteiger partial charge in [-0.05, 0) is 18.8 Å². The molecule has 110 valence electrons. The fourth-order valence-electron chi connectivity index (χ4n) is 2.77. The summed E-state index contributed by atoms with van der Waals surface area (Å²) in [5, 5.41) is 3.37. The Morgan fingerprint density at radius 3 is 2.53 bits per heavy atom. The van der Waals surface area contributed by atoms with Crippen LogP contribution in [0.5, 0.6) is 0 Å². The van der Waals surface area contributed by atoms with E-state index in [0.717, 1.165) is 25.9 Å². The molecule has 1 aliphatic rings. The predicted molar refractivity (Wildman–Crippen MR) is 75.5 cm³/mol. The largest absolute Gasteiger partial charge is 0.368 e. The van der Waals surface area contributed by atoms with E-state index in [1.54, 1.807) is 0 Å². The van der Waals surface area contributed by atoms with Crippen molar-refractivity contribution < 1.29 is 9.59 Å². The van der Waals surface area contributed by atoms with Gasteiger partial charge in [-0.3, -0.25) is 9.59 Å². The Bertz CT molecular complexity index is 320. The standard InChI is InChI=1S/C14H27N3O2/c1-4-10-9-17(13(18)6-3)8-7-12(10)16-11(5-2)14(15)19/h10-12,16H,4-9H2,1-3H3,(H2,15,19). The summed E-state index contributed by atoms with van der Waals surface area (Å²) in [5.41, 5.74) is 5.38. The van der Waals surface area contributed by atoms with E-state index < -0.39 is 0 Å². The van der Waals surface area contributed by atoms with Gasteiger partial charge in [0.05, 0.1) is 6.04 Å². The van der Waals surface area contributed by atoms with E-state index in [2.05, 4.69) is 12.2 Å². The van der Waals surface area contributed by atoms with Crippen LogP contribution < -0.4 is 11.1 Å². The number of nitrogens with zero attached hydrogens (tertiary/aromatic N) is 1. The van der Waals surface area contributed by atoms with E-state index >= 15 is 0 Å². The molecule has 0 aliphatic carbocycles. The molecule has 5 nitrogen and oxygen atoms in total. The van der Waals surface area contributed by atoms with E-state index in [1.807, 2.05) is 18.7 Å². The minimum Gasteiger partial charge on any atom is -0.368 e. The summed E-state index contributed by atoms with van der Waals surface area (Å²) in [6.07, 6.45) is 3.17. The van der Waals surface area contributed by atoms with Crippen LogP contribution in [-0.4, -0.2) is 41.9 Å². The highest BCUT2D eigenvalue weighted by molar-refractivity contribution is 5.79. The molecule has 2 amide bonds. The van der Waals surface area contributed by atoms with Crippen LogP contribution in [0.2, 0.25) is 0 Å². The second kappa shape index (κ2) is 7.48. The Hall–Kier alpha value is -1.10. The molecule has 0 bridgehead atoms. The van der Waals surface area contributed by atoms with E-state index in [9.17, 15) is 9.59 Å². The highest BCUT2D eigenvalue weighted by Gasteiger charge is 2.31. The summed E-state index contributed by atoms with van der Waals surface area (Å²) in [5.74, 6) is 0.334. The van der Waals surface area contributed by atoms with Gasteiger partial charge in [0.25, 0.3) is 0 Å². The monoisotopic (exact) mass is 269 g/mol. The third-order valence-electron chi connectivity index (χ3n) is 4.08. The fraction of sp³-hybridized carbons (Fsp3) is 0.857. The zero-order chi connectivity index (χ0) is 14.4. The van der Waals surface area contributed by atoms with Crippen molar-refractivity contribution in [3.63, 3.8) is 0 Å². The Morgan fingerprint density at radius 2 is 2.05 bits per heavy atom. The van der Waals surface area contributed by atoms with Crippen molar-refractivity contribution in [1.29, 1.82) is 0 Å². The molecule has 19 heavy (non-hydrogen) atoms. The lowest BCUT2D eigenvalue weighted by molar-refractivity contribution is -0.133. The molecule has 1 fully saturated rings. The number of primary amides is 1. The molecule has 1 rings (SSSR count). The van der Waals surface area contributed by atoms with E-state index in [4.69, 9.17) is 5.73 Å². The van der Waals surface area contributed by atoms with Gasteiger partial charge in [-0.1, -0.05) is 27.2 Å². The van der Waals surface area contributed by atoms with Gasteiger partial charge in [0.15, 0.2) is 0 Å². The summed E-state index contributed by atoms with van der Waals surface area (Å²) in [7, 11) is 0. The Labute approximate surface area is 115 Å². The summed E-state index contributed by atoms with van der Waals surface area (Å²) < 4.78 is 0. The molecule has 3 unspecified atom stereocenters. The van der Waals surface area contributed by atoms with Crippen LogP contribution in [0.4, 0.5) is 0 Å². The van der Waals surface area contributed by atoms with Crippen molar-refractivity contribution in [2.24, 2.45) is 11.7 Å². The molecule has 3 atom stereocenters. The van der Waals surface area contributed by atoms with Crippen LogP contribution in [0, 0.1) is 5.92 Å². The van der Waals surface area contributed by atoms with Crippen LogP contribution in [0.3, 0.4) is 0 Å². The topological polar surface area (TPSA) is 75.4 Å². The first-order chi connectivity index (χ1) is 9.03. The molecular weight excluding hydrogens is 242 g/mol. The van der Waals surface area contributed by atoms with Crippen molar-refractivity contribution in [3.8, 4) is 0 Å². The normalized spacial score (nSPS) is 25.1. The lowest BCUT2D eigenvalue weighted by atomic mass is 9.89. The first-order valence-corrected chi connectivity index (χ1v) is 7.36. The first kappa shape index (κ1) is 16.0. The lowest BCUT2D eigenvalue weighted by Gasteiger charge is -2.40. The molecular formula is C14H27N3O2. The molecule has 0 saturated carbocycles. The molecule has 1 heterocycles. The Balaban J connectivity index is 2.61. The minimum atomic E-state index is -0.288. The van der Waals surface area contributed by atoms with Gasteiger partial charge in [-0.25, -0.2) is 0 Å². The molecule has 0 spiro atoms. The highest BCUT2D eigenvalue weighted by Crippen LogP contribution is 2.21. The lowest BCUT2D eigenvalue weighted by Crippen LogP contribution is -2.55. The molecule has 5 heteroatoms.